The summed E-state index contributed by atoms with van der Waals surface area (Å²) in [7, 11) is 0. The zero-order chi connectivity index (χ0) is 15.1. The number of hydrogen-bond donors (Lipinski definition) is 1. The predicted octanol–water partition coefficient (Wildman–Crippen LogP) is 3.16. The summed E-state index contributed by atoms with van der Waals surface area (Å²) in [5.74, 6) is 1.27. The van der Waals surface area contributed by atoms with Crippen LogP contribution in [-0.4, -0.2) is 34.1 Å². The van der Waals surface area contributed by atoms with Crippen molar-refractivity contribution in [1.29, 1.82) is 0 Å². The van der Waals surface area contributed by atoms with E-state index in [0.29, 0.717) is 11.8 Å². The molecule has 3 aliphatic heterocycles. The van der Waals surface area contributed by atoms with Gasteiger partial charge in [0.25, 0.3) is 0 Å². The van der Waals surface area contributed by atoms with Crippen molar-refractivity contribution >= 4 is 10.9 Å². The van der Waals surface area contributed by atoms with Gasteiger partial charge in [0.15, 0.2) is 0 Å². The lowest BCUT2D eigenvalue weighted by Gasteiger charge is -2.50. The molecule has 0 radical (unpaired) electrons. The molecule has 0 amide bonds. The normalized spacial score (nSPS) is 32.0. The van der Waals surface area contributed by atoms with E-state index in [1.807, 2.05) is 30.5 Å². The highest BCUT2D eigenvalue weighted by molar-refractivity contribution is 5.82. The van der Waals surface area contributed by atoms with Gasteiger partial charge in [0, 0.05) is 24.2 Å². The lowest BCUT2D eigenvalue weighted by Crippen LogP contribution is -2.54. The van der Waals surface area contributed by atoms with Crippen LogP contribution in [0.2, 0.25) is 0 Å². The van der Waals surface area contributed by atoms with Gasteiger partial charge in [-0.25, -0.2) is 0 Å². The van der Waals surface area contributed by atoms with Gasteiger partial charge in [-0.15, -0.1) is 6.58 Å². The Labute approximate surface area is 131 Å². The molecule has 5 atom stereocenters. The van der Waals surface area contributed by atoms with Crippen LogP contribution in [0.1, 0.15) is 24.5 Å². The number of pyridine rings is 1. The highest BCUT2D eigenvalue weighted by atomic mass is 16.3. The molecule has 0 saturated carbocycles. The maximum Gasteiger partial charge on any atom is 0.0952 e. The van der Waals surface area contributed by atoms with Gasteiger partial charge < -0.3 is 5.11 Å². The van der Waals surface area contributed by atoms with E-state index in [0.717, 1.165) is 36.0 Å². The molecule has 114 valence electrons. The maximum absolute atomic E-state index is 11.0. The van der Waals surface area contributed by atoms with Crippen LogP contribution in [0.5, 0.6) is 0 Å². The van der Waals surface area contributed by atoms with Gasteiger partial charge in [0.1, 0.15) is 0 Å². The van der Waals surface area contributed by atoms with Crippen LogP contribution in [0.25, 0.3) is 10.9 Å². The number of nitrogens with zero attached hydrogens (tertiary/aromatic N) is 2. The van der Waals surface area contributed by atoms with Crippen LogP contribution in [0.4, 0.5) is 0 Å². The zero-order valence-electron chi connectivity index (χ0n) is 12.7. The van der Waals surface area contributed by atoms with Gasteiger partial charge in [0.05, 0.1) is 11.6 Å². The second kappa shape index (κ2) is 5.49. The van der Waals surface area contributed by atoms with E-state index < -0.39 is 6.10 Å². The van der Waals surface area contributed by atoms with Crippen molar-refractivity contribution in [3.8, 4) is 0 Å². The molecular weight excluding hydrogens is 272 g/mol. The van der Waals surface area contributed by atoms with Gasteiger partial charge in [-0.1, -0.05) is 24.3 Å². The number of rotatable bonds is 3. The first-order valence-corrected chi connectivity index (χ1v) is 8.16. The second-order valence-corrected chi connectivity index (χ2v) is 6.61. The minimum Gasteiger partial charge on any atom is -0.387 e. The minimum absolute atomic E-state index is 0.223. The number of aliphatic hydroxyl groups excluding tert-OH is 1. The Hall–Kier alpha value is -1.71. The standard InChI is InChI=1S/C19H22N2O/c1-2-13-12-21-10-8-14(13)11-18(21)19(22)16-7-9-20-17-6-4-3-5-15(16)17/h2-7,9,13-14,18-19,22H,1,8,10-12H2/t13?,14?,18-,19?/m1/s1. The zero-order valence-corrected chi connectivity index (χ0v) is 12.7. The highest BCUT2D eigenvalue weighted by Crippen LogP contribution is 2.41. The van der Waals surface area contributed by atoms with Crippen molar-refractivity contribution in [2.75, 3.05) is 13.1 Å². The first-order chi connectivity index (χ1) is 10.8. The molecule has 22 heavy (non-hydrogen) atoms. The molecule has 1 aromatic carbocycles. The van der Waals surface area contributed by atoms with E-state index in [4.69, 9.17) is 0 Å². The van der Waals surface area contributed by atoms with Crippen molar-refractivity contribution < 1.29 is 5.11 Å². The van der Waals surface area contributed by atoms with Gasteiger partial charge in [0.2, 0.25) is 0 Å². The predicted molar refractivity (Wildman–Crippen MR) is 88.5 cm³/mol. The van der Waals surface area contributed by atoms with E-state index in [1.165, 1.54) is 6.42 Å². The Morgan fingerprint density at radius 2 is 2.18 bits per heavy atom. The number of hydrogen-bond acceptors (Lipinski definition) is 3. The summed E-state index contributed by atoms with van der Waals surface area (Å²) in [5.41, 5.74) is 1.97. The third kappa shape index (κ3) is 2.16. The quantitative estimate of drug-likeness (QED) is 0.883. The Morgan fingerprint density at radius 1 is 1.32 bits per heavy atom. The monoisotopic (exact) mass is 294 g/mol. The molecule has 3 heteroatoms. The summed E-state index contributed by atoms with van der Waals surface area (Å²) >= 11 is 0. The van der Waals surface area contributed by atoms with E-state index in [2.05, 4.69) is 28.6 Å². The molecule has 4 heterocycles. The number of benzene rings is 1. The Kier molecular flexibility index (Phi) is 3.47. The minimum atomic E-state index is -0.443. The maximum atomic E-state index is 11.0. The molecule has 1 aromatic heterocycles. The number of para-hydroxylation sites is 1. The molecule has 0 spiro atoms. The fourth-order valence-electron chi connectivity index (χ4n) is 4.29. The number of fused-ring (bicyclic) bond motifs is 4. The van der Waals surface area contributed by atoms with Crippen molar-refractivity contribution in [3.63, 3.8) is 0 Å². The van der Waals surface area contributed by atoms with E-state index in [-0.39, 0.29) is 6.04 Å². The third-order valence-electron chi connectivity index (χ3n) is 5.52. The Bertz CT molecular complexity index is 693. The number of aliphatic hydroxyl groups is 1. The van der Waals surface area contributed by atoms with Crippen molar-refractivity contribution in [3.05, 3.63) is 54.7 Å². The first-order valence-electron chi connectivity index (χ1n) is 8.16. The SMILES string of the molecule is C=CC1CN2CCC1C[C@@H]2C(O)c1ccnc2ccccc12. The van der Waals surface area contributed by atoms with Crippen molar-refractivity contribution in [2.45, 2.75) is 25.0 Å². The Morgan fingerprint density at radius 3 is 2.95 bits per heavy atom. The molecule has 4 unspecified atom stereocenters. The lowest BCUT2D eigenvalue weighted by atomic mass is 9.73. The molecule has 3 nitrogen and oxygen atoms in total. The first kappa shape index (κ1) is 13.9. The van der Waals surface area contributed by atoms with E-state index >= 15 is 0 Å². The molecule has 2 bridgehead atoms. The molecule has 1 N–H and O–H groups in total. The number of piperidine rings is 3. The molecule has 3 saturated heterocycles. The van der Waals surface area contributed by atoms with Gasteiger partial charge in [-0.3, -0.25) is 9.88 Å². The second-order valence-electron chi connectivity index (χ2n) is 6.61. The average molecular weight is 294 g/mol. The van der Waals surface area contributed by atoms with Crippen LogP contribution in [0.3, 0.4) is 0 Å². The van der Waals surface area contributed by atoms with E-state index in [9.17, 15) is 5.11 Å². The molecule has 2 aromatic rings. The topological polar surface area (TPSA) is 36.4 Å². The molecule has 3 fully saturated rings. The van der Waals surface area contributed by atoms with Crippen molar-refractivity contribution in [2.24, 2.45) is 11.8 Å². The van der Waals surface area contributed by atoms with Crippen LogP contribution >= 0.6 is 0 Å². The number of aromatic nitrogens is 1. The fraction of sp³-hybridized carbons (Fsp3) is 0.421. The summed E-state index contributed by atoms with van der Waals surface area (Å²) < 4.78 is 0. The molecule has 0 aliphatic carbocycles. The Balaban J connectivity index is 1.67. The fourth-order valence-corrected chi connectivity index (χ4v) is 4.29. The van der Waals surface area contributed by atoms with Crippen molar-refractivity contribution in [1.82, 2.24) is 9.88 Å². The van der Waals surface area contributed by atoms with Crippen LogP contribution < -0.4 is 0 Å². The molecular formula is C19H22N2O. The summed E-state index contributed by atoms with van der Waals surface area (Å²) in [6, 6.07) is 10.3. The van der Waals surface area contributed by atoms with Gasteiger partial charge in [-0.2, -0.15) is 0 Å². The summed E-state index contributed by atoms with van der Waals surface area (Å²) in [6.45, 7) is 6.11. The highest BCUT2D eigenvalue weighted by Gasteiger charge is 2.42. The summed E-state index contributed by atoms with van der Waals surface area (Å²) in [4.78, 5) is 6.86. The van der Waals surface area contributed by atoms with Gasteiger partial charge in [-0.05, 0) is 48.9 Å². The third-order valence-corrected chi connectivity index (χ3v) is 5.52. The average Bonchev–Trinajstić information content (AvgIpc) is 2.60. The van der Waals surface area contributed by atoms with Crippen LogP contribution in [-0.2, 0) is 0 Å². The summed E-state index contributed by atoms with van der Waals surface area (Å²) in [5, 5.41) is 12.1. The van der Waals surface area contributed by atoms with Crippen LogP contribution in [0.15, 0.2) is 49.2 Å². The largest absolute Gasteiger partial charge is 0.387 e. The van der Waals surface area contributed by atoms with E-state index in [1.54, 1.807) is 0 Å². The van der Waals surface area contributed by atoms with Crippen LogP contribution in [0, 0.1) is 11.8 Å². The smallest absolute Gasteiger partial charge is 0.0952 e. The summed E-state index contributed by atoms with van der Waals surface area (Å²) in [6.07, 6.45) is 5.76. The lowest BCUT2D eigenvalue weighted by molar-refractivity contribution is -0.0444. The molecule has 3 aliphatic rings. The van der Waals surface area contributed by atoms with Gasteiger partial charge >= 0.3 is 0 Å². The molecule has 5 rings (SSSR count).